The molecule has 2 heteroatoms. The molecule has 14 heavy (non-hydrogen) atoms. The highest BCUT2D eigenvalue weighted by Gasteiger charge is 2.56. The van der Waals surface area contributed by atoms with Crippen molar-refractivity contribution in [3.8, 4) is 0 Å². The highest BCUT2D eigenvalue weighted by Crippen LogP contribution is 2.59. The fraction of sp³-hybridized carbons (Fsp3) is 0.917. The smallest absolute Gasteiger partial charge is 0.0741 e. The first-order chi connectivity index (χ1) is 6.71. The summed E-state index contributed by atoms with van der Waals surface area (Å²) in [7, 11) is 1.74. The van der Waals surface area contributed by atoms with Crippen LogP contribution in [0.3, 0.4) is 0 Å². The van der Waals surface area contributed by atoms with Crippen LogP contribution in [0.5, 0.6) is 0 Å². The standard InChI is InChI=1S/C12H19O2/c1-14-7-11-10-3-8-2-9(4-10)6-12(11,13)5-8/h8-10,13H,2-7H2,1H3. The highest BCUT2D eigenvalue weighted by atomic mass is 16.5. The Kier molecular flexibility index (Phi) is 1.94. The molecule has 4 bridgehead atoms. The lowest BCUT2D eigenvalue weighted by molar-refractivity contribution is -0.113. The van der Waals surface area contributed by atoms with Crippen LogP contribution in [0.25, 0.3) is 0 Å². The van der Waals surface area contributed by atoms with Gasteiger partial charge in [0.05, 0.1) is 12.2 Å². The van der Waals surface area contributed by atoms with Crippen LogP contribution >= 0.6 is 0 Å². The monoisotopic (exact) mass is 195 g/mol. The summed E-state index contributed by atoms with van der Waals surface area (Å²) in [6.07, 6.45) is 6.03. The summed E-state index contributed by atoms with van der Waals surface area (Å²) in [5, 5.41) is 10.6. The van der Waals surface area contributed by atoms with Crippen LogP contribution in [0.15, 0.2) is 0 Å². The Morgan fingerprint density at radius 3 is 2.43 bits per heavy atom. The number of aliphatic hydroxyl groups is 1. The van der Waals surface area contributed by atoms with Gasteiger partial charge in [0.1, 0.15) is 0 Å². The van der Waals surface area contributed by atoms with Gasteiger partial charge >= 0.3 is 0 Å². The van der Waals surface area contributed by atoms with Crippen molar-refractivity contribution >= 4 is 0 Å². The Morgan fingerprint density at radius 2 is 1.93 bits per heavy atom. The molecule has 0 aromatic rings. The van der Waals surface area contributed by atoms with E-state index in [4.69, 9.17) is 4.74 Å². The Morgan fingerprint density at radius 1 is 1.29 bits per heavy atom. The second-order valence-corrected chi connectivity index (χ2v) is 5.53. The summed E-state index contributed by atoms with van der Waals surface area (Å²) in [4.78, 5) is 0. The topological polar surface area (TPSA) is 29.5 Å². The quantitative estimate of drug-likeness (QED) is 0.727. The van der Waals surface area contributed by atoms with Crippen molar-refractivity contribution in [3.05, 3.63) is 5.92 Å². The van der Waals surface area contributed by atoms with Gasteiger partial charge in [-0.05, 0) is 49.9 Å². The molecule has 4 rings (SSSR count). The summed E-state index contributed by atoms with van der Waals surface area (Å²) < 4.78 is 5.24. The number of ether oxygens (including phenoxy) is 1. The normalized spacial score (nSPS) is 51.4. The third kappa shape index (κ3) is 1.17. The minimum absolute atomic E-state index is 0.440. The summed E-state index contributed by atoms with van der Waals surface area (Å²) in [5.74, 6) is 3.59. The molecule has 0 aliphatic heterocycles. The van der Waals surface area contributed by atoms with Gasteiger partial charge in [-0.1, -0.05) is 0 Å². The Hall–Kier alpha value is -0.0800. The van der Waals surface area contributed by atoms with Gasteiger partial charge in [0.15, 0.2) is 0 Å². The first-order valence-electron chi connectivity index (χ1n) is 5.79. The lowest BCUT2D eigenvalue weighted by Gasteiger charge is -2.58. The number of hydrogen-bond acceptors (Lipinski definition) is 2. The van der Waals surface area contributed by atoms with Gasteiger partial charge in [-0.15, -0.1) is 0 Å². The van der Waals surface area contributed by atoms with Crippen LogP contribution in [0.2, 0.25) is 0 Å². The first-order valence-corrected chi connectivity index (χ1v) is 5.79. The molecule has 0 heterocycles. The van der Waals surface area contributed by atoms with Gasteiger partial charge < -0.3 is 9.84 Å². The van der Waals surface area contributed by atoms with E-state index >= 15 is 0 Å². The molecule has 0 aromatic carbocycles. The molecule has 0 saturated heterocycles. The fourth-order valence-corrected chi connectivity index (χ4v) is 4.27. The zero-order chi connectivity index (χ0) is 9.76. The lowest BCUT2D eigenvalue weighted by Crippen LogP contribution is -2.57. The molecule has 1 radical (unpaired) electrons. The van der Waals surface area contributed by atoms with Gasteiger partial charge in [-0.25, -0.2) is 0 Å². The molecule has 2 nitrogen and oxygen atoms in total. The van der Waals surface area contributed by atoms with Crippen molar-refractivity contribution in [3.63, 3.8) is 0 Å². The Labute approximate surface area is 85.6 Å². The van der Waals surface area contributed by atoms with E-state index in [-0.39, 0.29) is 0 Å². The van der Waals surface area contributed by atoms with E-state index < -0.39 is 5.60 Å². The predicted octanol–water partition coefficient (Wildman–Crippen LogP) is 1.78. The van der Waals surface area contributed by atoms with Crippen LogP contribution in [0, 0.1) is 23.7 Å². The van der Waals surface area contributed by atoms with Crippen molar-refractivity contribution in [1.82, 2.24) is 0 Å². The zero-order valence-corrected chi connectivity index (χ0v) is 8.83. The minimum Gasteiger partial charge on any atom is -0.389 e. The number of hydrogen-bond donors (Lipinski definition) is 1. The van der Waals surface area contributed by atoms with Crippen LogP contribution in [-0.2, 0) is 4.74 Å². The Bertz CT molecular complexity index is 224. The van der Waals surface area contributed by atoms with Crippen LogP contribution in [-0.4, -0.2) is 24.4 Å². The minimum atomic E-state index is -0.440. The van der Waals surface area contributed by atoms with Gasteiger partial charge in [-0.2, -0.15) is 0 Å². The summed E-state index contributed by atoms with van der Waals surface area (Å²) in [5.41, 5.74) is -0.440. The molecule has 0 aromatic heterocycles. The molecular weight excluding hydrogens is 176 g/mol. The lowest BCUT2D eigenvalue weighted by atomic mass is 9.50. The van der Waals surface area contributed by atoms with Gasteiger partial charge in [-0.3, -0.25) is 0 Å². The second-order valence-electron chi connectivity index (χ2n) is 5.53. The molecule has 2 atom stereocenters. The maximum absolute atomic E-state index is 10.6. The molecule has 0 amide bonds. The van der Waals surface area contributed by atoms with E-state index in [0.717, 1.165) is 24.7 Å². The van der Waals surface area contributed by atoms with E-state index in [9.17, 15) is 5.11 Å². The molecular formula is C12H19O2. The fourth-order valence-electron chi connectivity index (χ4n) is 4.27. The van der Waals surface area contributed by atoms with Crippen molar-refractivity contribution in [2.45, 2.75) is 37.7 Å². The molecule has 4 saturated carbocycles. The highest BCUT2D eigenvalue weighted by molar-refractivity contribution is 5.22. The van der Waals surface area contributed by atoms with E-state index in [0.29, 0.717) is 12.5 Å². The van der Waals surface area contributed by atoms with Crippen LogP contribution in [0.4, 0.5) is 0 Å². The SMILES string of the molecule is COC[C]1C2CC3CC(C2)CC1(O)C3. The third-order valence-electron chi connectivity index (χ3n) is 4.55. The molecule has 0 spiro atoms. The van der Waals surface area contributed by atoms with E-state index in [2.05, 4.69) is 0 Å². The van der Waals surface area contributed by atoms with Crippen LogP contribution < -0.4 is 0 Å². The second kappa shape index (κ2) is 2.96. The van der Waals surface area contributed by atoms with Gasteiger partial charge in [0, 0.05) is 13.0 Å². The maximum atomic E-state index is 10.6. The molecule has 79 valence electrons. The van der Waals surface area contributed by atoms with E-state index in [1.54, 1.807) is 7.11 Å². The summed E-state index contributed by atoms with van der Waals surface area (Å²) in [6, 6.07) is 0. The van der Waals surface area contributed by atoms with E-state index in [1.807, 2.05) is 0 Å². The van der Waals surface area contributed by atoms with Crippen molar-refractivity contribution in [2.24, 2.45) is 17.8 Å². The predicted molar refractivity (Wildman–Crippen MR) is 53.6 cm³/mol. The number of rotatable bonds is 2. The average molecular weight is 195 g/mol. The average Bonchev–Trinajstić information content (AvgIpc) is 2.09. The molecule has 4 aliphatic carbocycles. The van der Waals surface area contributed by atoms with Gasteiger partial charge in [0.2, 0.25) is 0 Å². The Balaban J connectivity index is 1.86. The largest absolute Gasteiger partial charge is 0.389 e. The maximum Gasteiger partial charge on any atom is 0.0741 e. The van der Waals surface area contributed by atoms with E-state index in [1.165, 1.54) is 25.2 Å². The van der Waals surface area contributed by atoms with Crippen molar-refractivity contribution in [1.29, 1.82) is 0 Å². The summed E-state index contributed by atoms with van der Waals surface area (Å²) in [6.45, 7) is 0.681. The molecule has 4 aliphatic rings. The first kappa shape index (κ1) is 9.17. The summed E-state index contributed by atoms with van der Waals surface area (Å²) >= 11 is 0. The zero-order valence-electron chi connectivity index (χ0n) is 8.83. The molecule has 4 fully saturated rings. The van der Waals surface area contributed by atoms with Crippen molar-refractivity contribution in [2.75, 3.05) is 13.7 Å². The van der Waals surface area contributed by atoms with Crippen molar-refractivity contribution < 1.29 is 9.84 Å². The molecule has 2 unspecified atom stereocenters. The van der Waals surface area contributed by atoms with Crippen LogP contribution in [0.1, 0.15) is 32.1 Å². The molecule has 1 N–H and O–H groups in total. The third-order valence-corrected chi connectivity index (χ3v) is 4.55. The number of methoxy groups -OCH3 is 1. The van der Waals surface area contributed by atoms with Gasteiger partial charge in [0.25, 0.3) is 0 Å².